The third-order valence-corrected chi connectivity index (χ3v) is 3.81. The summed E-state index contributed by atoms with van der Waals surface area (Å²) < 4.78 is 55.1. The van der Waals surface area contributed by atoms with Crippen LogP contribution in [0.3, 0.4) is 0 Å². The van der Waals surface area contributed by atoms with Crippen LogP contribution < -0.4 is 11.3 Å². The minimum Gasteiger partial charge on any atom is -0.271 e. The van der Waals surface area contributed by atoms with E-state index in [1.807, 2.05) is 6.92 Å². The van der Waals surface area contributed by atoms with Crippen LogP contribution in [0, 0.1) is 5.82 Å². The third-order valence-electron chi connectivity index (χ3n) is 2.98. The lowest BCUT2D eigenvalue weighted by atomic mass is 10.0. The van der Waals surface area contributed by atoms with Gasteiger partial charge in [-0.15, -0.1) is 5.10 Å². The van der Waals surface area contributed by atoms with Crippen LogP contribution in [-0.4, -0.2) is 9.59 Å². The quantitative estimate of drug-likeness (QED) is 0.516. The predicted molar refractivity (Wildman–Crippen MR) is 69.9 cm³/mol. The average molecular weight is 320 g/mol. The third kappa shape index (κ3) is 3.20. The number of benzene rings is 1. The topological polar surface area (TPSA) is 63.8 Å². The number of nitrogens with zero attached hydrogens (tertiary/aromatic N) is 2. The molecule has 21 heavy (non-hydrogen) atoms. The van der Waals surface area contributed by atoms with Gasteiger partial charge in [0.1, 0.15) is 5.82 Å². The van der Waals surface area contributed by atoms with Crippen molar-refractivity contribution in [3.63, 3.8) is 0 Å². The van der Waals surface area contributed by atoms with Crippen LogP contribution in [-0.2, 0) is 12.6 Å². The van der Waals surface area contributed by atoms with E-state index in [0.29, 0.717) is 23.1 Å². The summed E-state index contributed by atoms with van der Waals surface area (Å²) in [6.45, 7) is 1.86. The van der Waals surface area contributed by atoms with Crippen LogP contribution in [0.1, 0.15) is 34.7 Å². The summed E-state index contributed by atoms with van der Waals surface area (Å²) in [5.74, 6) is 4.11. The van der Waals surface area contributed by atoms with Gasteiger partial charge in [-0.1, -0.05) is 17.5 Å². The fourth-order valence-electron chi connectivity index (χ4n) is 1.94. The first-order valence-corrected chi connectivity index (χ1v) is 6.79. The zero-order valence-electron chi connectivity index (χ0n) is 10.9. The van der Waals surface area contributed by atoms with Crippen LogP contribution >= 0.6 is 11.5 Å². The number of halogens is 4. The van der Waals surface area contributed by atoms with E-state index in [4.69, 9.17) is 5.84 Å². The number of hydrogen-bond acceptors (Lipinski definition) is 5. The first-order chi connectivity index (χ1) is 9.88. The largest absolute Gasteiger partial charge is 0.419 e. The molecule has 1 aromatic heterocycles. The number of nitrogens with two attached hydrogens (primary N) is 1. The van der Waals surface area contributed by atoms with Gasteiger partial charge in [0.15, 0.2) is 0 Å². The number of rotatable bonds is 4. The molecule has 114 valence electrons. The summed E-state index contributed by atoms with van der Waals surface area (Å²) >= 11 is 1.07. The molecular weight excluding hydrogens is 308 g/mol. The summed E-state index contributed by atoms with van der Waals surface area (Å²) in [5, 5.41) is 3.91. The lowest BCUT2D eigenvalue weighted by Gasteiger charge is -2.17. The molecule has 4 nitrogen and oxygen atoms in total. The molecule has 2 rings (SSSR count). The van der Waals surface area contributed by atoms with Crippen LogP contribution in [0.15, 0.2) is 18.2 Å². The van der Waals surface area contributed by atoms with Crippen molar-refractivity contribution in [1.29, 1.82) is 0 Å². The average Bonchev–Trinajstić information content (AvgIpc) is 2.86. The van der Waals surface area contributed by atoms with Crippen LogP contribution in [0.5, 0.6) is 0 Å². The molecule has 0 saturated heterocycles. The molecule has 0 saturated carbocycles. The Bertz CT molecular complexity index is 626. The van der Waals surface area contributed by atoms with Gasteiger partial charge in [-0.25, -0.2) is 9.82 Å². The Morgan fingerprint density at radius 2 is 2.10 bits per heavy atom. The Balaban J connectivity index is 2.43. The molecule has 0 spiro atoms. The van der Waals surface area contributed by atoms with Crippen molar-refractivity contribution >= 4 is 11.5 Å². The summed E-state index contributed by atoms with van der Waals surface area (Å²) in [7, 11) is 0. The molecule has 3 N–H and O–H groups in total. The summed E-state index contributed by atoms with van der Waals surface area (Å²) in [5.41, 5.74) is 2.11. The van der Waals surface area contributed by atoms with Crippen molar-refractivity contribution in [3.05, 3.63) is 45.7 Å². The number of hydrazine groups is 1. The SMILES string of the molecule is CCc1nnsc1C(NN)c1ccc(C(F)(F)F)c(F)c1. The number of alkyl halides is 3. The van der Waals surface area contributed by atoms with E-state index in [1.165, 1.54) is 6.07 Å². The summed E-state index contributed by atoms with van der Waals surface area (Å²) in [4.78, 5) is 0.652. The Labute approximate surface area is 122 Å². The smallest absolute Gasteiger partial charge is 0.271 e. The summed E-state index contributed by atoms with van der Waals surface area (Å²) in [6, 6.07) is 2.06. The minimum absolute atomic E-state index is 0.281. The van der Waals surface area contributed by atoms with Crippen molar-refractivity contribution in [1.82, 2.24) is 15.0 Å². The van der Waals surface area contributed by atoms with E-state index in [1.54, 1.807) is 0 Å². The van der Waals surface area contributed by atoms with Crippen LogP contribution in [0.2, 0.25) is 0 Å². The Morgan fingerprint density at radius 3 is 2.62 bits per heavy atom. The zero-order chi connectivity index (χ0) is 15.6. The van der Waals surface area contributed by atoms with E-state index in [2.05, 4.69) is 15.0 Å². The second-order valence-electron chi connectivity index (χ2n) is 4.27. The van der Waals surface area contributed by atoms with E-state index in [9.17, 15) is 17.6 Å². The number of hydrogen-bond donors (Lipinski definition) is 2. The van der Waals surface area contributed by atoms with E-state index in [0.717, 1.165) is 17.6 Å². The molecule has 0 aliphatic carbocycles. The fourth-order valence-corrected chi connectivity index (χ4v) is 2.77. The molecule has 9 heteroatoms. The molecule has 0 aliphatic heterocycles. The van der Waals surface area contributed by atoms with Gasteiger partial charge in [-0.2, -0.15) is 13.2 Å². The highest BCUT2D eigenvalue weighted by Gasteiger charge is 2.34. The monoisotopic (exact) mass is 320 g/mol. The lowest BCUT2D eigenvalue weighted by molar-refractivity contribution is -0.140. The highest BCUT2D eigenvalue weighted by atomic mass is 32.1. The molecule has 0 bridgehead atoms. The van der Waals surface area contributed by atoms with Gasteiger partial charge in [0.2, 0.25) is 0 Å². The highest BCUT2D eigenvalue weighted by Crippen LogP contribution is 2.34. The van der Waals surface area contributed by atoms with Crippen molar-refractivity contribution in [2.24, 2.45) is 5.84 Å². The Hall–Kier alpha value is -1.58. The molecule has 0 radical (unpaired) electrons. The highest BCUT2D eigenvalue weighted by molar-refractivity contribution is 7.05. The second kappa shape index (κ2) is 6.04. The molecule has 1 atom stereocenters. The molecule has 0 fully saturated rings. The van der Waals surface area contributed by atoms with Gasteiger partial charge in [0.25, 0.3) is 0 Å². The maximum Gasteiger partial charge on any atom is 0.419 e. The van der Waals surface area contributed by atoms with Gasteiger partial charge in [0.05, 0.1) is 22.2 Å². The van der Waals surface area contributed by atoms with Gasteiger partial charge in [0, 0.05) is 0 Å². The van der Waals surface area contributed by atoms with Gasteiger partial charge >= 0.3 is 6.18 Å². The van der Waals surface area contributed by atoms with Crippen molar-refractivity contribution in [3.8, 4) is 0 Å². The minimum atomic E-state index is -4.73. The second-order valence-corrected chi connectivity index (χ2v) is 5.06. The lowest BCUT2D eigenvalue weighted by Crippen LogP contribution is -2.29. The van der Waals surface area contributed by atoms with Gasteiger partial charge in [-0.05, 0) is 35.6 Å². The first kappa shape index (κ1) is 15.8. The summed E-state index contributed by atoms with van der Waals surface area (Å²) in [6.07, 6.45) is -4.14. The van der Waals surface area contributed by atoms with Gasteiger partial charge < -0.3 is 0 Å². The van der Waals surface area contributed by atoms with E-state index < -0.39 is 23.6 Å². The normalized spacial score (nSPS) is 13.4. The number of aryl methyl sites for hydroxylation is 1. The fraction of sp³-hybridized carbons (Fsp3) is 0.333. The number of aromatic nitrogens is 2. The molecule has 1 unspecified atom stereocenters. The maximum atomic E-state index is 13.7. The molecule has 0 amide bonds. The zero-order valence-corrected chi connectivity index (χ0v) is 11.7. The molecule has 1 aromatic carbocycles. The predicted octanol–water partition coefficient (Wildman–Crippen LogP) is 2.81. The Kier molecular flexibility index (Phi) is 4.55. The molecule has 2 aromatic rings. The molecular formula is C12H12F4N4S. The maximum absolute atomic E-state index is 13.7. The van der Waals surface area contributed by atoms with Crippen molar-refractivity contribution in [2.75, 3.05) is 0 Å². The van der Waals surface area contributed by atoms with Crippen LogP contribution in [0.4, 0.5) is 17.6 Å². The standard InChI is InChI=1S/C12H12F4N4S/c1-2-9-11(21-20-19-9)10(18-17)6-3-4-7(8(13)5-6)12(14,15)16/h3-5,10,18H,2,17H2,1H3. The first-order valence-electron chi connectivity index (χ1n) is 6.02. The van der Waals surface area contributed by atoms with Crippen molar-refractivity contribution in [2.45, 2.75) is 25.6 Å². The number of nitrogens with one attached hydrogen (secondary N) is 1. The van der Waals surface area contributed by atoms with Crippen LogP contribution in [0.25, 0.3) is 0 Å². The Morgan fingerprint density at radius 1 is 1.38 bits per heavy atom. The van der Waals surface area contributed by atoms with Gasteiger partial charge in [-0.3, -0.25) is 5.84 Å². The van der Waals surface area contributed by atoms with Crippen molar-refractivity contribution < 1.29 is 17.6 Å². The molecule has 0 aliphatic rings. The van der Waals surface area contributed by atoms with E-state index >= 15 is 0 Å². The van der Waals surface area contributed by atoms with E-state index in [-0.39, 0.29) is 5.56 Å². The molecule has 1 heterocycles.